The van der Waals surface area contributed by atoms with Gasteiger partial charge in [0.2, 0.25) is 0 Å². The summed E-state index contributed by atoms with van der Waals surface area (Å²) in [5.41, 5.74) is 4.80. The Hall–Kier alpha value is -0.220. The van der Waals surface area contributed by atoms with Crippen LogP contribution in [0.4, 0.5) is 0 Å². The molecule has 1 fully saturated rings. The molecule has 0 aliphatic heterocycles. The lowest BCUT2D eigenvalue weighted by Gasteiger charge is -2.28. The third kappa shape index (κ3) is 1.99. The second kappa shape index (κ2) is 4.33. The van der Waals surface area contributed by atoms with Crippen molar-refractivity contribution in [3.63, 3.8) is 0 Å². The zero-order valence-electron chi connectivity index (χ0n) is 7.70. The van der Waals surface area contributed by atoms with Crippen LogP contribution in [0.25, 0.3) is 0 Å². The molecule has 0 spiro atoms. The van der Waals surface area contributed by atoms with E-state index in [1.807, 2.05) is 0 Å². The molecule has 0 bridgehead atoms. The molecule has 0 unspecified atom stereocenters. The largest absolute Gasteiger partial charge is 0.481 e. The maximum Gasteiger partial charge on any atom is 0.310 e. The number of carboxylic acid groups (broad SMARTS) is 1. The number of hydrogen-bond donors (Lipinski definition) is 3. The normalized spacial score (nSPS) is 33.5. The maximum atomic E-state index is 11.2. The summed E-state index contributed by atoms with van der Waals surface area (Å²) < 4.78 is 0. The van der Waals surface area contributed by atoms with E-state index >= 15 is 0 Å². The van der Waals surface area contributed by atoms with Gasteiger partial charge in [0.15, 0.2) is 0 Å². The van der Waals surface area contributed by atoms with Crippen LogP contribution in [-0.4, -0.2) is 22.9 Å². The maximum absolute atomic E-state index is 11.2. The van der Waals surface area contributed by atoms with Crippen molar-refractivity contribution in [2.24, 2.45) is 11.1 Å². The van der Waals surface area contributed by atoms with E-state index in [-0.39, 0.29) is 5.25 Å². The number of nitrogens with two attached hydrogens (primary N) is 1. The highest BCUT2D eigenvalue weighted by atomic mass is 32.1. The SMILES string of the molecule is NCCC[C@@]1(C(=O)O)CCC[C@@H]1S. The molecule has 0 aromatic rings. The van der Waals surface area contributed by atoms with Gasteiger partial charge < -0.3 is 10.8 Å². The molecule has 1 saturated carbocycles. The van der Waals surface area contributed by atoms with E-state index in [1.54, 1.807) is 0 Å². The van der Waals surface area contributed by atoms with Gasteiger partial charge in [-0.25, -0.2) is 0 Å². The number of aliphatic carboxylic acids is 1. The fourth-order valence-electron chi connectivity index (χ4n) is 2.12. The highest BCUT2D eigenvalue weighted by Gasteiger charge is 2.46. The Balaban J connectivity index is 2.68. The quantitative estimate of drug-likeness (QED) is 0.603. The van der Waals surface area contributed by atoms with Crippen LogP contribution in [0, 0.1) is 5.41 Å². The van der Waals surface area contributed by atoms with E-state index < -0.39 is 11.4 Å². The number of thiol groups is 1. The summed E-state index contributed by atoms with van der Waals surface area (Å²) in [4.78, 5) is 11.2. The predicted octanol–water partition coefficient (Wildman–Crippen LogP) is 1.28. The molecule has 3 N–H and O–H groups in total. The molecule has 4 heteroatoms. The zero-order chi connectivity index (χ0) is 9.90. The van der Waals surface area contributed by atoms with Crippen molar-refractivity contribution < 1.29 is 9.90 Å². The smallest absolute Gasteiger partial charge is 0.310 e. The molecular weight excluding hydrogens is 186 g/mol. The first-order chi connectivity index (χ1) is 6.13. The molecule has 0 radical (unpaired) electrons. The van der Waals surface area contributed by atoms with Gasteiger partial charge in [0.1, 0.15) is 0 Å². The van der Waals surface area contributed by atoms with E-state index in [9.17, 15) is 9.90 Å². The van der Waals surface area contributed by atoms with Crippen molar-refractivity contribution >= 4 is 18.6 Å². The summed E-state index contributed by atoms with van der Waals surface area (Å²) in [6.45, 7) is 0.565. The summed E-state index contributed by atoms with van der Waals surface area (Å²) in [6, 6.07) is 0. The number of carbonyl (C=O) groups is 1. The van der Waals surface area contributed by atoms with Crippen LogP contribution in [-0.2, 0) is 4.79 Å². The van der Waals surface area contributed by atoms with Gasteiger partial charge in [-0.2, -0.15) is 12.6 Å². The Morgan fingerprint density at radius 2 is 2.38 bits per heavy atom. The average Bonchev–Trinajstić information content (AvgIpc) is 2.45. The first kappa shape index (κ1) is 10.9. The van der Waals surface area contributed by atoms with Crippen molar-refractivity contribution in [1.29, 1.82) is 0 Å². The molecule has 0 aromatic carbocycles. The van der Waals surface area contributed by atoms with Crippen LogP contribution < -0.4 is 5.73 Å². The van der Waals surface area contributed by atoms with Crippen LogP contribution in [0.5, 0.6) is 0 Å². The summed E-state index contributed by atoms with van der Waals surface area (Å²) >= 11 is 4.36. The van der Waals surface area contributed by atoms with Crippen LogP contribution in [0.3, 0.4) is 0 Å². The Morgan fingerprint density at radius 1 is 1.69 bits per heavy atom. The lowest BCUT2D eigenvalue weighted by molar-refractivity contribution is -0.148. The Bertz CT molecular complexity index is 198. The standard InChI is InChI=1S/C9H17NO2S/c10-6-2-5-9(8(11)12)4-1-3-7(9)13/h7,13H,1-6,10H2,(H,11,12)/t7-,9-/m0/s1. The van der Waals surface area contributed by atoms with Crippen LogP contribution >= 0.6 is 12.6 Å². The van der Waals surface area contributed by atoms with E-state index in [0.717, 1.165) is 25.7 Å². The lowest BCUT2D eigenvalue weighted by Crippen LogP contribution is -2.36. The highest BCUT2D eigenvalue weighted by molar-refractivity contribution is 7.81. The van der Waals surface area contributed by atoms with Crippen molar-refractivity contribution in [3.8, 4) is 0 Å². The number of rotatable bonds is 4. The van der Waals surface area contributed by atoms with E-state index in [2.05, 4.69) is 12.6 Å². The zero-order valence-corrected chi connectivity index (χ0v) is 8.59. The second-order valence-corrected chi connectivity index (χ2v) is 4.38. The summed E-state index contributed by atoms with van der Waals surface area (Å²) in [7, 11) is 0. The molecule has 1 rings (SSSR count). The van der Waals surface area contributed by atoms with Gasteiger partial charge in [0.05, 0.1) is 5.41 Å². The van der Waals surface area contributed by atoms with Crippen molar-refractivity contribution in [2.45, 2.75) is 37.4 Å². The third-order valence-electron chi connectivity index (χ3n) is 2.99. The van der Waals surface area contributed by atoms with Gasteiger partial charge in [-0.3, -0.25) is 4.79 Å². The third-order valence-corrected chi connectivity index (χ3v) is 3.74. The molecule has 76 valence electrons. The summed E-state index contributed by atoms with van der Waals surface area (Å²) in [5.74, 6) is -0.696. The van der Waals surface area contributed by atoms with Gasteiger partial charge in [-0.1, -0.05) is 6.42 Å². The molecule has 0 amide bonds. The minimum absolute atomic E-state index is 0.0107. The molecule has 0 aromatic heterocycles. The molecule has 1 aliphatic carbocycles. The van der Waals surface area contributed by atoms with Crippen molar-refractivity contribution in [2.75, 3.05) is 6.54 Å². The van der Waals surface area contributed by atoms with Crippen molar-refractivity contribution in [1.82, 2.24) is 0 Å². The monoisotopic (exact) mass is 203 g/mol. The van der Waals surface area contributed by atoms with Crippen LogP contribution in [0.1, 0.15) is 32.1 Å². The van der Waals surface area contributed by atoms with E-state index in [0.29, 0.717) is 13.0 Å². The Kier molecular flexibility index (Phi) is 3.62. The fraction of sp³-hybridized carbons (Fsp3) is 0.889. The summed E-state index contributed by atoms with van der Waals surface area (Å²) in [6.07, 6.45) is 4.11. The Morgan fingerprint density at radius 3 is 2.77 bits per heavy atom. The molecule has 13 heavy (non-hydrogen) atoms. The van der Waals surface area contributed by atoms with Crippen LogP contribution in [0.15, 0.2) is 0 Å². The highest BCUT2D eigenvalue weighted by Crippen LogP contribution is 2.45. The lowest BCUT2D eigenvalue weighted by atomic mass is 9.81. The van der Waals surface area contributed by atoms with Crippen molar-refractivity contribution in [3.05, 3.63) is 0 Å². The first-order valence-corrected chi connectivity index (χ1v) is 5.26. The van der Waals surface area contributed by atoms with Gasteiger partial charge in [-0.05, 0) is 32.2 Å². The molecule has 1 aliphatic rings. The fourth-order valence-corrected chi connectivity index (χ4v) is 2.67. The van der Waals surface area contributed by atoms with Crippen LogP contribution in [0.2, 0.25) is 0 Å². The first-order valence-electron chi connectivity index (χ1n) is 4.75. The molecular formula is C9H17NO2S. The number of carboxylic acids is 1. The molecule has 3 nitrogen and oxygen atoms in total. The Labute approximate surface area is 84.1 Å². The minimum Gasteiger partial charge on any atom is -0.481 e. The minimum atomic E-state index is -0.696. The average molecular weight is 203 g/mol. The number of hydrogen-bond acceptors (Lipinski definition) is 3. The topological polar surface area (TPSA) is 63.3 Å². The molecule has 2 atom stereocenters. The van der Waals surface area contributed by atoms with E-state index in [4.69, 9.17) is 5.73 Å². The van der Waals surface area contributed by atoms with Gasteiger partial charge in [0.25, 0.3) is 0 Å². The second-order valence-electron chi connectivity index (χ2n) is 3.76. The van der Waals surface area contributed by atoms with Gasteiger partial charge in [0, 0.05) is 5.25 Å². The van der Waals surface area contributed by atoms with Gasteiger partial charge >= 0.3 is 5.97 Å². The predicted molar refractivity (Wildman–Crippen MR) is 55.0 cm³/mol. The molecule has 0 saturated heterocycles. The molecule has 0 heterocycles. The van der Waals surface area contributed by atoms with Gasteiger partial charge in [-0.15, -0.1) is 0 Å². The summed E-state index contributed by atoms with van der Waals surface area (Å²) in [5, 5.41) is 9.18. The van der Waals surface area contributed by atoms with E-state index in [1.165, 1.54) is 0 Å².